The molecule has 0 radical (unpaired) electrons. The van der Waals surface area contributed by atoms with Crippen molar-refractivity contribution in [3.05, 3.63) is 70.1 Å². The van der Waals surface area contributed by atoms with E-state index in [1.54, 1.807) is 12.3 Å². The van der Waals surface area contributed by atoms with Crippen molar-refractivity contribution in [3.8, 4) is 0 Å². The lowest BCUT2D eigenvalue weighted by Crippen LogP contribution is -2.41. The number of pyridine rings is 2. The first-order valence-corrected chi connectivity index (χ1v) is 8.84. The van der Waals surface area contributed by atoms with Crippen LogP contribution in [0, 0.1) is 0 Å². The molecule has 7 heteroatoms. The molecule has 4 rings (SSSR count). The number of hydrogen-bond donors (Lipinski definition) is 2. The molecule has 3 aromatic rings. The Morgan fingerprint density at radius 1 is 1.04 bits per heavy atom. The monoisotopic (exact) mass is 364 g/mol. The normalized spacial score (nSPS) is 19.0. The Kier molecular flexibility index (Phi) is 4.27. The van der Waals surface area contributed by atoms with Gasteiger partial charge < -0.3 is 15.5 Å². The maximum atomic E-state index is 13.1. The highest BCUT2D eigenvalue weighted by molar-refractivity contribution is 6.07. The van der Waals surface area contributed by atoms with E-state index in [0.29, 0.717) is 16.7 Å². The molecule has 7 nitrogen and oxygen atoms in total. The third-order valence-electron chi connectivity index (χ3n) is 4.81. The van der Waals surface area contributed by atoms with Crippen molar-refractivity contribution in [2.24, 2.45) is 0 Å². The van der Waals surface area contributed by atoms with Gasteiger partial charge >= 0.3 is 0 Å². The molecule has 0 saturated heterocycles. The summed E-state index contributed by atoms with van der Waals surface area (Å²) in [5, 5.41) is 6.82. The van der Waals surface area contributed by atoms with E-state index in [-0.39, 0.29) is 24.3 Å². The fourth-order valence-corrected chi connectivity index (χ4v) is 3.14. The van der Waals surface area contributed by atoms with E-state index in [0.717, 1.165) is 10.3 Å². The predicted molar refractivity (Wildman–Crippen MR) is 103 cm³/mol. The van der Waals surface area contributed by atoms with Crippen molar-refractivity contribution in [2.45, 2.75) is 32.5 Å². The molecule has 2 unspecified atom stereocenters. The Balaban J connectivity index is 1.88. The van der Waals surface area contributed by atoms with Gasteiger partial charge in [-0.15, -0.1) is 4.73 Å². The maximum Gasteiger partial charge on any atom is 0.300 e. The molecule has 0 bridgehead atoms. The molecule has 2 atom stereocenters. The van der Waals surface area contributed by atoms with Crippen molar-refractivity contribution in [1.82, 2.24) is 15.0 Å². The van der Waals surface area contributed by atoms with Crippen LogP contribution in [0.4, 0.5) is 5.69 Å². The van der Waals surface area contributed by atoms with Crippen LogP contribution >= 0.6 is 0 Å². The van der Waals surface area contributed by atoms with E-state index in [1.165, 1.54) is 0 Å². The fraction of sp³-hybridized carbons (Fsp3) is 0.250. The molecule has 0 aliphatic carbocycles. The van der Waals surface area contributed by atoms with E-state index < -0.39 is 11.5 Å². The summed E-state index contributed by atoms with van der Waals surface area (Å²) in [7, 11) is 0. The van der Waals surface area contributed by atoms with Crippen LogP contribution in [0.15, 0.2) is 53.5 Å². The Hall–Kier alpha value is -3.35. The summed E-state index contributed by atoms with van der Waals surface area (Å²) in [4.78, 5) is 35.9. The Morgan fingerprint density at radius 2 is 1.78 bits per heavy atom. The lowest BCUT2D eigenvalue weighted by Gasteiger charge is -2.20. The SMILES string of the molecule is CC1NC(=O)c2c(c3cccnc3n(OCc3ccccc3)c2=O)NC1C. The summed E-state index contributed by atoms with van der Waals surface area (Å²) in [6.45, 7) is 4.04. The van der Waals surface area contributed by atoms with Gasteiger partial charge in [-0.1, -0.05) is 30.3 Å². The largest absolute Gasteiger partial charge is 0.404 e. The summed E-state index contributed by atoms with van der Waals surface area (Å²) in [6, 6.07) is 12.9. The molecule has 0 spiro atoms. The van der Waals surface area contributed by atoms with Crippen LogP contribution in [-0.2, 0) is 6.61 Å². The molecule has 0 fully saturated rings. The number of hydrogen-bond acceptors (Lipinski definition) is 5. The van der Waals surface area contributed by atoms with Crippen molar-refractivity contribution in [2.75, 3.05) is 5.32 Å². The lowest BCUT2D eigenvalue weighted by atomic mass is 10.1. The molecular weight excluding hydrogens is 344 g/mol. The minimum Gasteiger partial charge on any atom is -0.404 e. The lowest BCUT2D eigenvalue weighted by molar-refractivity contribution is 0.0893. The van der Waals surface area contributed by atoms with Crippen LogP contribution in [0.2, 0.25) is 0 Å². The first-order valence-electron chi connectivity index (χ1n) is 8.84. The third kappa shape index (κ3) is 3.01. The average molecular weight is 364 g/mol. The number of fused-ring (bicyclic) bond motifs is 3. The van der Waals surface area contributed by atoms with Crippen molar-refractivity contribution in [1.29, 1.82) is 0 Å². The number of aromatic nitrogens is 2. The van der Waals surface area contributed by atoms with Crippen LogP contribution < -0.4 is 21.0 Å². The summed E-state index contributed by atoms with van der Waals surface area (Å²) < 4.78 is 1.11. The second-order valence-electron chi connectivity index (χ2n) is 6.68. The number of benzene rings is 1. The first kappa shape index (κ1) is 17.1. The minimum absolute atomic E-state index is 0.0414. The Bertz CT molecular complexity index is 1060. The highest BCUT2D eigenvalue weighted by Crippen LogP contribution is 2.26. The molecule has 1 amide bonds. The molecule has 3 heterocycles. The zero-order valence-electron chi connectivity index (χ0n) is 15.1. The summed E-state index contributed by atoms with van der Waals surface area (Å²) in [6.07, 6.45) is 1.60. The van der Waals surface area contributed by atoms with Gasteiger partial charge in [0.25, 0.3) is 11.5 Å². The van der Waals surface area contributed by atoms with Crippen LogP contribution in [0.5, 0.6) is 0 Å². The van der Waals surface area contributed by atoms with Gasteiger partial charge in [-0.05, 0) is 31.5 Å². The van der Waals surface area contributed by atoms with Gasteiger partial charge in [0.2, 0.25) is 0 Å². The fourth-order valence-electron chi connectivity index (χ4n) is 3.14. The third-order valence-corrected chi connectivity index (χ3v) is 4.81. The van der Waals surface area contributed by atoms with Gasteiger partial charge in [-0.2, -0.15) is 0 Å². The molecule has 2 aromatic heterocycles. The van der Waals surface area contributed by atoms with Crippen LogP contribution in [0.1, 0.15) is 29.8 Å². The molecule has 0 saturated carbocycles. The Morgan fingerprint density at radius 3 is 2.56 bits per heavy atom. The number of anilines is 1. The summed E-state index contributed by atoms with van der Waals surface area (Å²) >= 11 is 0. The van der Waals surface area contributed by atoms with Crippen LogP contribution in [0.25, 0.3) is 11.0 Å². The number of nitrogens with zero attached hydrogens (tertiary/aromatic N) is 2. The molecule has 27 heavy (non-hydrogen) atoms. The Labute approximate surface area is 155 Å². The van der Waals surface area contributed by atoms with Gasteiger partial charge in [0.05, 0.1) is 5.69 Å². The number of carbonyl (C=O) groups is 1. The molecule has 138 valence electrons. The van der Waals surface area contributed by atoms with Gasteiger partial charge in [0.15, 0.2) is 5.65 Å². The van der Waals surface area contributed by atoms with E-state index in [4.69, 9.17) is 4.84 Å². The summed E-state index contributed by atoms with van der Waals surface area (Å²) in [5.41, 5.74) is 1.29. The molecular formula is C20H20N4O3. The van der Waals surface area contributed by atoms with E-state index in [1.807, 2.05) is 50.2 Å². The number of nitrogens with one attached hydrogen (secondary N) is 2. The zero-order valence-corrected chi connectivity index (χ0v) is 15.1. The molecule has 1 aromatic carbocycles. The number of amides is 1. The minimum atomic E-state index is -0.529. The van der Waals surface area contributed by atoms with Crippen LogP contribution in [-0.4, -0.2) is 27.7 Å². The second kappa shape index (κ2) is 6.75. The zero-order chi connectivity index (χ0) is 19.0. The van der Waals surface area contributed by atoms with Crippen molar-refractivity contribution < 1.29 is 9.63 Å². The van der Waals surface area contributed by atoms with Crippen molar-refractivity contribution in [3.63, 3.8) is 0 Å². The van der Waals surface area contributed by atoms with E-state index >= 15 is 0 Å². The van der Waals surface area contributed by atoms with Gasteiger partial charge in [-0.3, -0.25) is 9.59 Å². The predicted octanol–water partition coefficient (Wildman–Crippen LogP) is 1.96. The number of rotatable bonds is 3. The average Bonchev–Trinajstić information content (AvgIpc) is 2.79. The van der Waals surface area contributed by atoms with Crippen molar-refractivity contribution >= 4 is 22.6 Å². The molecule has 1 aliphatic rings. The first-order chi connectivity index (χ1) is 13.1. The standard InChI is InChI=1S/C20H20N4O3/c1-12-13(2)23-19(25)16-17(22-12)15-9-6-10-21-18(15)24(20(16)26)27-11-14-7-4-3-5-8-14/h3-10,12-13,22H,11H2,1-2H3,(H,23,25). The number of carbonyl (C=O) groups excluding carboxylic acids is 1. The quantitative estimate of drug-likeness (QED) is 0.742. The molecule has 2 N–H and O–H groups in total. The van der Waals surface area contributed by atoms with Crippen LogP contribution in [0.3, 0.4) is 0 Å². The maximum absolute atomic E-state index is 13.1. The van der Waals surface area contributed by atoms with Gasteiger partial charge in [0, 0.05) is 23.7 Å². The van der Waals surface area contributed by atoms with Gasteiger partial charge in [-0.25, -0.2) is 4.98 Å². The highest BCUT2D eigenvalue weighted by atomic mass is 16.7. The van der Waals surface area contributed by atoms with E-state index in [9.17, 15) is 9.59 Å². The molecule has 1 aliphatic heterocycles. The smallest absolute Gasteiger partial charge is 0.300 e. The highest BCUT2D eigenvalue weighted by Gasteiger charge is 2.30. The summed E-state index contributed by atoms with van der Waals surface area (Å²) in [5.74, 6) is -0.415. The van der Waals surface area contributed by atoms with Gasteiger partial charge in [0.1, 0.15) is 12.2 Å². The second-order valence-corrected chi connectivity index (χ2v) is 6.68. The van der Waals surface area contributed by atoms with E-state index in [2.05, 4.69) is 15.6 Å². The topological polar surface area (TPSA) is 85.2 Å².